The van der Waals surface area contributed by atoms with Gasteiger partial charge in [0.25, 0.3) is 0 Å². The SMILES string of the molecule is CCNC(c1cncc(OC)c1)C1CCCC1(C)C. The summed E-state index contributed by atoms with van der Waals surface area (Å²) in [5.74, 6) is 1.51. The van der Waals surface area contributed by atoms with Crippen LogP contribution in [0, 0.1) is 11.3 Å². The van der Waals surface area contributed by atoms with Crippen LogP contribution in [0.4, 0.5) is 0 Å². The zero-order valence-corrected chi connectivity index (χ0v) is 12.6. The highest BCUT2D eigenvalue weighted by Gasteiger charge is 2.39. The fourth-order valence-corrected chi connectivity index (χ4v) is 3.40. The van der Waals surface area contributed by atoms with Crippen LogP contribution in [0.1, 0.15) is 51.6 Å². The number of hydrogen-bond acceptors (Lipinski definition) is 3. The predicted molar refractivity (Wildman–Crippen MR) is 78.3 cm³/mol. The number of rotatable bonds is 5. The van der Waals surface area contributed by atoms with Crippen molar-refractivity contribution in [3.63, 3.8) is 0 Å². The first kappa shape index (κ1) is 14.3. The monoisotopic (exact) mass is 262 g/mol. The number of ether oxygens (including phenoxy) is 1. The number of pyridine rings is 1. The van der Waals surface area contributed by atoms with Gasteiger partial charge in [0.2, 0.25) is 0 Å². The van der Waals surface area contributed by atoms with Gasteiger partial charge in [-0.15, -0.1) is 0 Å². The molecule has 1 aromatic heterocycles. The van der Waals surface area contributed by atoms with E-state index in [-0.39, 0.29) is 0 Å². The van der Waals surface area contributed by atoms with E-state index in [4.69, 9.17) is 4.74 Å². The first-order valence-corrected chi connectivity index (χ1v) is 7.31. The summed E-state index contributed by atoms with van der Waals surface area (Å²) in [6.07, 6.45) is 7.69. The Kier molecular flexibility index (Phi) is 4.46. The lowest BCUT2D eigenvalue weighted by molar-refractivity contribution is 0.198. The van der Waals surface area contributed by atoms with Crippen LogP contribution in [0.2, 0.25) is 0 Å². The summed E-state index contributed by atoms with van der Waals surface area (Å²) in [5, 5.41) is 3.65. The van der Waals surface area contributed by atoms with Crippen LogP contribution in [0.15, 0.2) is 18.5 Å². The van der Waals surface area contributed by atoms with E-state index in [1.165, 1.54) is 24.8 Å². The highest BCUT2D eigenvalue weighted by Crippen LogP contribution is 2.48. The number of hydrogen-bond donors (Lipinski definition) is 1. The minimum absolute atomic E-state index is 0.380. The molecule has 0 aliphatic heterocycles. The molecule has 1 fully saturated rings. The van der Waals surface area contributed by atoms with Crippen molar-refractivity contribution in [1.82, 2.24) is 10.3 Å². The van der Waals surface area contributed by atoms with Gasteiger partial charge < -0.3 is 10.1 Å². The molecule has 1 heterocycles. The Hall–Kier alpha value is -1.09. The molecule has 2 atom stereocenters. The maximum atomic E-state index is 5.31. The van der Waals surface area contributed by atoms with Gasteiger partial charge in [0.1, 0.15) is 5.75 Å². The molecule has 1 aliphatic carbocycles. The second-order valence-corrected chi connectivity index (χ2v) is 6.18. The van der Waals surface area contributed by atoms with E-state index in [1.54, 1.807) is 13.3 Å². The van der Waals surface area contributed by atoms with Crippen molar-refractivity contribution in [3.05, 3.63) is 24.0 Å². The number of nitrogens with one attached hydrogen (secondary N) is 1. The van der Waals surface area contributed by atoms with Crippen molar-refractivity contribution >= 4 is 0 Å². The number of methoxy groups -OCH3 is 1. The molecular weight excluding hydrogens is 236 g/mol. The quantitative estimate of drug-likeness (QED) is 0.881. The first-order chi connectivity index (χ1) is 9.08. The summed E-state index contributed by atoms with van der Waals surface area (Å²) >= 11 is 0. The van der Waals surface area contributed by atoms with Crippen molar-refractivity contribution in [2.45, 2.75) is 46.1 Å². The lowest BCUT2D eigenvalue weighted by atomic mass is 9.75. The highest BCUT2D eigenvalue weighted by molar-refractivity contribution is 5.27. The van der Waals surface area contributed by atoms with Gasteiger partial charge in [-0.25, -0.2) is 0 Å². The summed E-state index contributed by atoms with van der Waals surface area (Å²) in [5.41, 5.74) is 1.65. The van der Waals surface area contributed by atoms with Crippen LogP contribution >= 0.6 is 0 Å². The second kappa shape index (κ2) is 5.91. The van der Waals surface area contributed by atoms with Crippen LogP contribution < -0.4 is 10.1 Å². The van der Waals surface area contributed by atoms with Gasteiger partial charge in [-0.1, -0.05) is 27.2 Å². The molecule has 0 aromatic carbocycles. The van der Waals surface area contributed by atoms with Gasteiger partial charge >= 0.3 is 0 Å². The van der Waals surface area contributed by atoms with E-state index in [1.807, 2.05) is 6.20 Å². The van der Waals surface area contributed by atoms with E-state index in [0.29, 0.717) is 17.4 Å². The average molecular weight is 262 g/mol. The fraction of sp³-hybridized carbons (Fsp3) is 0.688. The Morgan fingerprint density at radius 1 is 1.47 bits per heavy atom. The molecule has 0 saturated heterocycles. The lowest BCUT2D eigenvalue weighted by Crippen LogP contribution is -2.34. The molecule has 0 bridgehead atoms. The Balaban J connectivity index is 2.28. The average Bonchev–Trinajstić information content (AvgIpc) is 2.75. The van der Waals surface area contributed by atoms with E-state index in [2.05, 4.69) is 37.1 Å². The van der Waals surface area contributed by atoms with Crippen molar-refractivity contribution in [3.8, 4) is 5.75 Å². The minimum Gasteiger partial charge on any atom is -0.495 e. The topological polar surface area (TPSA) is 34.2 Å². The van der Waals surface area contributed by atoms with Gasteiger partial charge in [0.15, 0.2) is 0 Å². The van der Waals surface area contributed by atoms with E-state index >= 15 is 0 Å². The summed E-state index contributed by atoms with van der Waals surface area (Å²) < 4.78 is 5.31. The zero-order chi connectivity index (χ0) is 13.9. The Morgan fingerprint density at radius 3 is 2.84 bits per heavy atom. The summed E-state index contributed by atoms with van der Waals surface area (Å²) in [7, 11) is 1.70. The molecule has 0 amide bonds. The predicted octanol–water partition coefficient (Wildman–Crippen LogP) is 3.57. The minimum atomic E-state index is 0.380. The van der Waals surface area contributed by atoms with Gasteiger partial charge in [-0.05, 0) is 42.3 Å². The van der Waals surface area contributed by atoms with Crippen LogP contribution in [-0.2, 0) is 0 Å². The van der Waals surface area contributed by atoms with Crippen molar-refractivity contribution < 1.29 is 4.74 Å². The highest BCUT2D eigenvalue weighted by atomic mass is 16.5. The third kappa shape index (κ3) is 3.08. The lowest BCUT2D eigenvalue weighted by Gasteiger charge is -2.35. The normalized spacial score (nSPS) is 23.3. The van der Waals surface area contributed by atoms with Crippen LogP contribution in [0.5, 0.6) is 5.75 Å². The smallest absolute Gasteiger partial charge is 0.137 e. The van der Waals surface area contributed by atoms with Crippen molar-refractivity contribution in [1.29, 1.82) is 0 Å². The molecule has 3 heteroatoms. The molecule has 1 aromatic rings. The maximum Gasteiger partial charge on any atom is 0.137 e. The van der Waals surface area contributed by atoms with E-state index < -0.39 is 0 Å². The largest absolute Gasteiger partial charge is 0.495 e. The van der Waals surface area contributed by atoms with Crippen LogP contribution in [0.25, 0.3) is 0 Å². The third-order valence-corrected chi connectivity index (χ3v) is 4.50. The maximum absolute atomic E-state index is 5.31. The van der Waals surface area contributed by atoms with Gasteiger partial charge in [0, 0.05) is 12.2 Å². The Bertz CT molecular complexity index is 417. The molecular formula is C16H26N2O. The molecule has 0 spiro atoms. The summed E-state index contributed by atoms with van der Waals surface area (Å²) in [6, 6.07) is 2.50. The summed E-state index contributed by atoms with van der Waals surface area (Å²) in [6.45, 7) is 7.93. The first-order valence-electron chi connectivity index (χ1n) is 7.31. The number of nitrogens with zero attached hydrogens (tertiary/aromatic N) is 1. The van der Waals surface area contributed by atoms with Gasteiger partial charge in [-0.3, -0.25) is 4.98 Å². The van der Waals surface area contributed by atoms with Crippen molar-refractivity contribution in [2.24, 2.45) is 11.3 Å². The van der Waals surface area contributed by atoms with E-state index in [0.717, 1.165) is 12.3 Å². The van der Waals surface area contributed by atoms with Crippen LogP contribution in [0.3, 0.4) is 0 Å². The molecule has 1 saturated carbocycles. The molecule has 19 heavy (non-hydrogen) atoms. The zero-order valence-electron chi connectivity index (χ0n) is 12.6. The molecule has 2 rings (SSSR count). The molecule has 3 nitrogen and oxygen atoms in total. The molecule has 1 aliphatic rings. The Labute approximate surface area is 116 Å². The number of aromatic nitrogens is 1. The standard InChI is InChI=1S/C16H26N2O/c1-5-18-15(14-7-6-8-16(14,2)3)12-9-13(19-4)11-17-10-12/h9-11,14-15,18H,5-8H2,1-4H3. The summed E-state index contributed by atoms with van der Waals surface area (Å²) in [4.78, 5) is 4.31. The molecule has 1 N–H and O–H groups in total. The van der Waals surface area contributed by atoms with Gasteiger partial charge in [-0.2, -0.15) is 0 Å². The molecule has 2 unspecified atom stereocenters. The Morgan fingerprint density at radius 2 is 2.26 bits per heavy atom. The van der Waals surface area contributed by atoms with E-state index in [9.17, 15) is 0 Å². The van der Waals surface area contributed by atoms with Crippen molar-refractivity contribution in [2.75, 3.05) is 13.7 Å². The fourth-order valence-electron chi connectivity index (χ4n) is 3.40. The van der Waals surface area contributed by atoms with Crippen LogP contribution in [-0.4, -0.2) is 18.6 Å². The molecule has 0 radical (unpaired) electrons. The second-order valence-electron chi connectivity index (χ2n) is 6.18. The third-order valence-electron chi connectivity index (χ3n) is 4.50. The molecule has 106 valence electrons. The van der Waals surface area contributed by atoms with Gasteiger partial charge in [0.05, 0.1) is 13.3 Å².